The van der Waals surface area contributed by atoms with Gasteiger partial charge in [-0.2, -0.15) is 4.98 Å². The second-order valence-electron chi connectivity index (χ2n) is 3.92. The predicted octanol–water partition coefficient (Wildman–Crippen LogP) is -1.14. The second kappa shape index (κ2) is 5.44. The van der Waals surface area contributed by atoms with Crippen molar-refractivity contribution in [2.45, 2.75) is 24.9 Å². The third-order valence-corrected chi connectivity index (χ3v) is 2.73. The molecule has 100 valence electrons. The van der Waals surface area contributed by atoms with Crippen LogP contribution < -0.4 is 11.2 Å². The summed E-state index contributed by atoms with van der Waals surface area (Å²) in [6, 6.07) is 1.55. The van der Waals surface area contributed by atoms with E-state index in [-0.39, 0.29) is 18.8 Å². The minimum absolute atomic E-state index is 0.240. The summed E-state index contributed by atoms with van der Waals surface area (Å²) in [7, 11) is 1.41. The lowest BCUT2D eigenvalue weighted by molar-refractivity contribution is -0.0458. The van der Waals surface area contributed by atoms with Crippen LogP contribution >= 0.6 is 0 Å². The summed E-state index contributed by atoms with van der Waals surface area (Å²) >= 11 is 0. The van der Waals surface area contributed by atoms with Gasteiger partial charge in [-0.05, 0) is 6.07 Å². The van der Waals surface area contributed by atoms with Gasteiger partial charge in [-0.15, -0.1) is 0 Å². The SMILES string of the molecule is CONc1ccn([C@H]2CC(O)[C@@H](CO)O2)c(=O)n1. The molecule has 0 bridgehead atoms. The van der Waals surface area contributed by atoms with Crippen LogP contribution in [0, 0.1) is 0 Å². The van der Waals surface area contributed by atoms with E-state index in [4.69, 9.17) is 9.84 Å². The number of rotatable bonds is 4. The molecule has 0 amide bonds. The number of hydrogen-bond acceptors (Lipinski definition) is 7. The first-order valence-corrected chi connectivity index (χ1v) is 5.48. The Bertz CT molecular complexity index is 463. The molecule has 1 aliphatic rings. The molecule has 0 saturated carbocycles. The number of aromatic nitrogens is 2. The van der Waals surface area contributed by atoms with Crippen LogP contribution in [0.5, 0.6) is 0 Å². The monoisotopic (exact) mass is 257 g/mol. The average molecular weight is 257 g/mol. The fourth-order valence-electron chi connectivity index (χ4n) is 1.84. The van der Waals surface area contributed by atoms with Gasteiger partial charge in [-0.25, -0.2) is 10.3 Å². The van der Waals surface area contributed by atoms with Crippen molar-refractivity contribution < 1.29 is 19.8 Å². The second-order valence-corrected chi connectivity index (χ2v) is 3.92. The molecule has 1 aromatic rings. The molecule has 3 N–H and O–H groups in total. The van der Waals surface area contributed by atoms with E-state index >= 15 is 0 Å². The molecule has 3 atom stereocenters. The summed E-state index contributed by atoms with van der Waals surface area (Å²) in [5.41, 5.74) is 1.92. The average Bonchev–Trinajstić information content (AvgIpc) is 2.71. The molecule has 0 spiro atoms. The van der Waals surface area contributed by atoms with Crippen LogP contribution in [0.3, 0.4) is 0 Å². The van der Waals surface area contributed by atoms with Gasteiger partial charge in [-0.1, -0.05) is 0 Å². The molecule has 1 aliphatic heterocycles. The highest BCUT2D eigenvalue weighted by molar-refractivity contribution is 5.28. The highest BCUT2D eigenvalue weighted by Crippen LogP contribution is 2.27. The fourth-order valence-corrected chi connectivity index (χ4v) is 1.84. The van der Waals surface area contributed by atoms with Crippen molar-refractivity contribution in [3.05, 3.63) is 22.7 Å². The van der Waals surface area contributed by atoms with Gasteiger partial charge >= 0.3 is 5.69 Å². The van der Waals surface area contributed by atoms with E-state index in [2.05, 4.69) is 15.3 Å². The molecular formula is C10H15N3O5. The van der Waals surface area contributed by atoms with E-state index in [0.29, 0.717) is 0 Å². The zero-order valence-electron chi connectivity index (χ0n) is 9.81. The smallest absolute Gasteiger partial charge is 0.351 e. The van der Waals surface area contributed by atoms with E-state index in [1.54, 1.807) is 6.07 Å². The Kier molecular flexibility index (Phi) is 3.92. The molecule has 2 heterocycles. The number of ether oxygens (including phenoxy) is 1. The molecular weight excluding hydrogens is 242 g/mol. The van der Waals surface area contributed by atoms with Crippen molar-refractivity contribution in [1.82, 2.24) is 9.55 Å². The minimum Gasteiger partial charge on any atom is -0.394 e. The lowest BCUT2D eigenvalue weighted by Gasteiger charge is -2.14. The Balaban J connectivity index is 2.17. The quantitative estimate of drug-likeness (QED) is 0.585. The predicted molar refractivity (Wildman–Crippen MR) is 60.7 cm³/mol. The standard InChI is InChI=1S/C10H15N3O5/c1-17-12-8-2-3-13(10(16)11-8)9-4-6(15)7(5-14)18-9/h2-3,6-7,9,14-15H,4-5H2,1H3,(H,11,12,16)/t6?,7-,9-/m1/s1. The summed E-state index contributed by atoms with van der Waals surface area (Å²) in [4.78, 5) is 20.1. The van der Waals surface area contributed by atoms with Crippen molar-refractivity contribution in [2.24, 2.45) is 0 Å². The molecule has 8 heteroatoms. The van der Waals surface area contributed by atoms with Crippen LogP contribution in [0.4, 0.5) is 5.82 Å². The van der Waals surface area contributed by atoms with Gasteiger partial charge in [0.05, 0.1) is 19.8 Å². The Morgan fingerprint density at radius 3 is 3.06 bits per heavy atom. The number of nitrogens with one attached hydrogen (secondary N) is 1. The first-order chi connectivity index (χ1) is 8.65. The zero-order valence-corrected chi connectivity index (χ0v) is 9.81. The Morgan fingerprint density at radius 2 is 2.50 bits per heavy atom. The number of nitrogens with zero attached hydrogens (tertiary/aromatic N) is 2. The van der Waals surface area contributed by atoms with Crippen LogP contribution in [0.15, 0.2) is 17.1 Å². The first-order valence-electron chi connectivity index (χ1n) is 5.48. The summed E-state index contributed by atoms with van der Waals surface area (Å²) in [5, 5.41) is 18.6. The summed E-state index contributed by atoms with van der Waals surface area (Å²) in [6.45, 7) is -0.289. The van der Waals surface area contributed by atoms with Crippen LogP contribution in [0.1, 0.15) is 12.6 Å². The molecule has 1 unspecified atom stereocenters. The third kappa shape index (κ3) is 2.51. The molecule has 0 aromatic carbocycles. The third-order valence-electron chi connectivity index (χ3n) is 2.73. The van der Waals surface area contributed by atoms with E-state index < -0.39 is 24.1 Å². The van der Waals surface area contributed by atoms with Gasteiger partial charge in [0.25, 0.3) is 0 Å². The molecule has 18 heavy (non-hydrogen) atoms. The van der Waals surface area contributed by atoms with Crippen molar-refractivity contribution in [3.8, 4) is 0 Å². The van der Waals surface area contributed by atoms with Crippen molar-refractivity contribution >= 4 is 5.82 Å². The molecule has 8 nitrogen and oxygen atoms in total. The molecule has 1 aromatic heterocycles. The largest absolute Gasteiger partial charge is 0.394 e. The van der Waals surface area contributed by atoms with E-state index in [1.165, 1.54) is 17.9 Å². The highest BCUT2D eigenvalue weighted by atomic mass is 16.6. The van der Waals surface area contributed by atoms with Crippen molar-refractivity contribution in [3.63, 3.8) is 0 Å². The van der Waals surface area contributed by atoms with Gasteiger partial charge in [0.2, 0.25) is 0 Å². The van der Waals surface area contributed by atoms with Crippen molar-refractivity contribution in [1.29, 1.82) is 0 Å². The number of anilines is 1. The Morgan fingerprint density at radius 1 is 1.72 bits per heavy atom. The zero-order chi connectivity index (χ0) is 13.1. The van der Waals surface area contributed by atoms with Crippen LogP contribution in [-0.4, -0.2) is 45.7 Å². The van der Waals surface area contributed by atoms with Crippen LogP contribution in [0.25, 0.3) is 0 Å². The fraction of sp³-hybridized carbons (Fsp3) is 0.600. The first kappa shape index (κ1) is 13.0. The number of aliphatic hydroxyl groups is 2. The summed E-state index contributed by atoms with van der Waals surface area (Å²) < 4.78 is 6.62. The van der Waals surface area contributed by atoms with E-state index in [0.717, 1.165) is 0 Å². The normalized spacial score (nSPS) is 27.4. The molecule has 0 aliphatic carbocycles. The maximum Gasteiger partial charge on any atom is 0.351 e. The molecule has 2 rings (SSSR count). The highest BCUT2D eigenvalue weighted by Gasteiger charge is 2.34. The van der Waals surface area contributed by atoms with Crippen LogP contribution in [0.2, 0.25) is 0 Å². The number of hydrogen-bond donors (Lipinski definition) is 3. The van der Waals surface area contributed by atoms with Gasteiger partial charge in [-0.3, -0.25) is 9.40 Å². The summed E-state index contributed by atoms with van der Waals surface area (Å²) in [6.07, 6.45) is -0.339. The summed E-state index contributed by atoms with van der Waals surface area (Å²) in [5.74, 6) is 0.288. The number of aliphatic hydroxyl groups excluding tert-OH is 2. The maximum absolute atomic E-state index is 11.7. The Hall–Kier alpha value is -1.48. The van der Waals surface area contributed by atoms with Crippen LogP contribution in [-0.2, 0) is 9.57 Å². The topological polar surface area (TPSA) is 106 Å². The molecule has 0 radical (unpaired) electrons. The minimum atomic E-state index is -0.788. The van der Waals surface area contributed by atoms with E-state index in [1.807, 2.05) is 0 Å². The van der Waals surface area contributed by atoms with E-state index in [9.17, 15) is 9.90 Å². The van der Waals surface area contributed by atoms with Gasteiger partial charge in [0.15, 0.2) is 5.82 Å². The molecule has 1 saturated heterocycles. The lowest BCUT2D eigenvalue weighted by atomic mass is 10.2. The molecule has 1 fully saturated rings. The Labute approximate surface area is 103 Å². The maximum atomic E-state index is 11.7. The lowest BCUT2D eigenvalue weighted by Crippen LogP contribution is -2.28. The van der Waals surface area contributed by atoms with Crippen molar-refractivity contribution in [2.75, 3.05) is 19.2 Å². The van der Waals surface area contributed by atoms with Gasteiger partial charge < -0.3 is 14.9 Å². The van der Waals surface area contributed by atoms with Gasteiger partial charge in [0.1, 0.15) is 12.3 Å². The van der Waals surface area contributed by atoms with Gasteiger partial charge in [0, 0.05) is 12.6 Å².